The lowest BCUT2D eigenvalue weighted by Gasteiger charge is -2.19. The monoisotopic (exact) mass is 416 g/mol. The third-order valence-corrected chi connectivity index (χ3v) is 6.60. The lowest BCUT2D eigenvalue weighted by atomic mass is 10.2. The third kappa shape index (κ3) is 9.64. The summed E-state index contributed by atoms with van der Waals surface area (Å²) in [6.45, 7) is 6.14. The second-order valence-corrected chi connectivity index (χ2v) is 8.74. The number of nitrogens with one attached hydrogen (secondary N) is 1. The number of benzene rings is 1. The van der Waals surface area contributed by atoms with Crippen molar-refractivity contribution in [3.05, 3.63) is 29.8 Å². The Labute approximate surface area is 169 Å². The van der Waals surface area contributed by atoms with Crippen LogP contribution in [0.15, 0.2) is 24.3 Å². The van der Waals surface area contributed by atoms with Crippen molar-refractivity contribution in [1.29, 1.82) is 0 Å². The van der Waals surface area contributed by atoms with Crippen LogP contribution in [0.5, 0.6) is 5.75 Å². The normalized spacial score (nSPS) is 10.4. The van der Waals surface area contributed by atoms with Crippen LogP contribution in [0.3, 0.4) is 0 Å². The van der Waals surface area contributed by atoms with E-state index in [1.807, 2.05) is 25.1 Å². The van der Waals surface area contributed by atoms with E-state index < -0.39 is 6.09 Å². The molecule has 146 valence electrons. The van der Waals surface area contributed by atoms with Crippen LogP contribution in [-0.2, 0) is 0 Å². The fraction of sp³-hybridized carbons (Fsp3) is 0.556. The Hall–Kier alpha value is -0.990. The summed E-state index contributed by atoms with van der Waals surface area (Å²) in [6, 6.07) is 7.31. The molecule has 0 bridgehead atoms. The number of unbranched alkanes of at least 4 members (excludes halogenated alkanes) is 2. The zero-order chi connectivity index (χ0) is 19.2. The summed E-state index contributed by atoms with van der Waals surface area (Å²) in [6.07, 6.45) is 3.81. The molecule has 0 aliphatic carbocycles. The highest BCUT2D eigenvalue weighted by molar-refractivity contribution is 8.19. The maximum absolute atomic E-state index is 12.4. The van der Waals surface area contributed by atoms with Gasteiger partial charge in [0.15, 0.2) is 0 Å². The fourth-order valence-electron chi connectivity index (χ4n) is 1.74. The zero-order valence-electron chi connectivity index (χ0n) is 15.7. The summed E-state index contributed by atoms with van der Waals surface area (Å²) in [4.78, 5) is 24.2. The van der Waals surface area contributed by atoms with Gasteiger partial charge in [-0.2, -0.15) is 0 Å². The number of para-hydroxylation sites is 1. The predicted molar refractivity (Wildman–Crippen MR) is 115 cm³/mol. The molecule has 26 heavy (non-hydrogen) atoms. The fourth-order valence-corrected chi connectivity index (χ4v) is 4.92. The number of carbonyl (C=O) groups is 2. The van der Waals surface area contributed by atoms with Crippen LogP contribution in [0.4, 0.5) is 9.59 Å². The van der Waals surface area contributed by atoms with Crippen molar-refractivity contribution in [2.45, 2.75) is 46.5 Å². The highest BCUT2D eigenvalue weighted by Gasteiger charge is 2.16. The number of aryl methyl sites for hydroxylation is 1. The molecule has 5 nitrogen and oxygen atoms in total. The van der Waals surface area contributed by atoms with E-state index in [1.54, 1.807) is 33.7 Å². The minimum atomic E-state index is -0.552. The van der Waals surface area contributed by atoms with Gasteiger partial charge in [-0.05, 0) is 67.1 Å². The molecule has 0 aromatic heterocycles. The molecule has 0 spiro atoms. The van der Waals surface area contributed by atoms with Crippen LogP contribution in [0.25, 0.3) is 0 Å². The van der Waals surface area contributed by atoms with E-state index in [2.05, 4.69) is 19.2 Å². The molecule has 2 amide bonds. The van der Waals surface area contributed by atoms with Crippen LogP contribution in [0, 0.1) is 6.92 Å². The summed E-state index contributed by atoms with van der Waals surface area (Å²) >= 11 is 4.18. The average Bonchev–Trinajstić information content (AvgIpc) is 2.62. The first-order valence-corrected chi connectivity index (χ1v) is 11.7. The van der Waals surface area contributed by atoms with Gasteiger partial charge in [0.2, 0.25) is 0 Å². The molecule has 8 heteroatoms. The van der Waals surface area contributed by atoms with Crippen LogP contribution in [-0.4, -0.2) is 32.4 Å². The highest BCUT2D eigenvalue weighted by atomic mass is 32.2. The Morgan fingerprint density at radius 1 is 1.08 bits per heavy atom. The summed E-state index contributed by atoms with van der Waals surface area (Å²) in [5.41, 5.74) is 0.886. The Morgan fingerprint density at radius 2 is 1.69 bits per heavy atom. The summed E-state index contributed by atoms with van der Waals surface area (Å²) in [5, 5.41) is 2.56. The molecule has 0 radical (unpaired) electrons. The van der Waals surface area contributed by atoms with Crippen molar-refractivity contribution in [2.75, 3.05) is 17.4 Å². The van der Waals surface area contributed by atoms with E-state index in [4.69, 9.17) is 4.74 Å². The molecule has 0 unspecified atom stereocenters. The molecule has 0 atom stereocenters. The number of thioether (sulfide) groups is 1. The molecule has 0 fully saturated rings. The number of rotatable bonds is 11. The first-order valence-electron chi connectivity index (χ1n) is 8.82. The Bertz CT molecular complexity index is 548. The van der Waals surface area contributed by atoms with Gasteiger partial charge >= 0.3 is 11.3 Å². The summed E-state index contributed by atoms with van der Waals surface area (Å²) < 4.78 is 6.99. The van der Waals surface area contributed by atoms with E-state index in [9.17, 15) is 9.59 Å². The summed E-state index contributed by atoms with van der Waals surface area (Å²) in [5.74, 6) is 2.55. The van der Waals surface area contributed by atoms with Gasteiger partial charge in [-0.25, -0.2) is 8.51 Å². The lowest BCUT2D eigenvalue weighted by Crippen LogP contribution is -2.28. The minimum absolute atomic E-state index is 0.0524. The Morgan fingerprint density at radius 3 is 2.27 bits per heavy atom. The second-order valence-electron chi connectivity index (χ2n) is 5.52. The largest absolute Gasteiger partial charge is 0.413 e. The average molecular weight is 417 g/mol. The number of carbonyl (C=O) groups excluding carboxylic acids is 2. The van der Waals surface area contributed by atoms with Gasteiger partial charge in [0.05, 0.1) is 5.88 Å². The molecule has 0 saturated carbocycles. The summed E-state index contributed by atoms with van der Waals surface area (Å²) in [7, 11) is 0. The highest BCUT2D eigenvalue weighted by Crippen LogP contribution is 2.28. The van der Waals surface area contributed by atoms with Gasteiger partial charge in [0, 0.05) is 11.5 Å². The molecular weight excluding hydrogens is 388 g/mol. The first-order chi connectivity index (χ1) is 12.6. The lowest BCUT2D eigenvalue weighted by molar-refractivity contribution is 0.202. The number of amides is 2. The van der Waals surface area contributed by atoms with Gasteiger partial charge in [-0.1, -0.05) is 44.9 Å². The van der Waals surface area contributed by atoms with Crippen molar-refractivity contribution in [2.24, 2.45) is 0 Å². The molecule has 1 rings (SSSR count). The standard InChI is InChI=1S/C18H28N2O3S3/c1-4-6-12-25-20(26-13-7-5-2)18(22)24-14-19-17(21)23-16-11-9-8-10-15(16)3/h8-11H,4-7,12-14H2,1-3H3,(H,19,21). The van der Waals surface area contributed by atoms with E-state index in [1.165, 1.54) is 0 Å². The molecule has 0 saturated heterocycles. The van der Waals surface area contributed by atoms with E-state index >= 15 is 0 Å². The van der Waals surface area contributed by atoms with Crippen LogP contribution < -0.4 is 10.1 Å². The smallest absolute Gasteiger partial charge is 0.410 e. The van der Waals surface area contributed by atoms with E-state index in [0.717, 1.165) is 54.5 Å². The van der Waals surface area contributed by atoms with Crippen LogP contribution in [0.2, 0.25) is 0 Å². The van der Waals surface area contributed by atoms with E-state index in [-0.39, 0.29) is 11.1 Å². The van der Waals surface area contributed by atoms with E-state index in [0.29, 0.717) is 5.75 Å². The van der Waals surface area contributed by atoms with Gasteiger partial charge < -0.3 is 10.1 Å². The maximum Gasteiger partial charge on any atom is 0.413 e. The molecular formula is C18H28N2O3S3. The second kappa shape index (κ2) is 14.1. The quantitative estimate of drug-likeness (QED) is 0.267. The molecule has 1 aromatic carbocycles. The Balaban J connectivity index is 2.37. The SMILES string of the molecule is CCCCSN(SCCCC)C(=O)SCNC(=O)Oc1ccccc1C. The van der Waals surface area contributed by atoms with Crippen molar-refractivity contribution >= 4 is 47.0 Å². The van der Waals surface area contributed by atoms with Crippen LogP contribution in [0.1, 0.15) is 45.1 Å². The molecule has 0 aliphatic rings. The predicted octanol–water partition coefficient (Wildman–Crippen LogP) is 6.09. The number of nitrogens with zero attached hydrogens (tertiary/aromatic N) is 1. The molecule has 0 aliphatic heterocycles. The zero-order valence-corrected chi connectivity index (χ0v) is 18.1. The number of ether oxygens (including phenoxy) is 1. The Kier molecular flexibility index (Phi) is 12.5. The minimum Gasteiger partial charge on any atom is -0.410 e. The number of hydrogen-bond donors (Lipinski definition) is 1. The molecule has 1 aromatic rings. The van der Waals surface area contributed by atoms with Gasteiger partial charge in [-0.3, -0.25) is 4.79 Å². The molecule has 0 heterocycles. The van der Waals surface area contributed by atoms with Gasteiger partial charge in [0.25, 0.3) is 0 Å². The van der Waals surface area contributed by atoms with Gasteiger partial charge in [0.1, 0.15) is 5.75 Å². The molecule has 1 N–H and O–H groups in total. The van der Waals surface area contributed by atoms with Gasteiger partial charge in [-0.15, -0.1) is 0 Å². The van der Waals surface area contributed by atoms with Crippen molar-refractivity contribution in [3.8, 4) is 5.75 Å². The maximum atomic E-state index is 12.4. The van der Waals surface area contributed by atoms with Crippen LogP contribution >= 0.6 is 35.7 Å². The third-order valence-electron chi connectivity index (χ3n) is 3.27. The topological polar surface area (TPSA) is 58.6 Å². The van der Waals surface area contributed by atoms with Crippen molar-refractivity contribution in [3.63, 3.8) is 0 Å². The van der Waals surface area contributed by atoms with Crippen molar-refractivity contribution < 1.29 is 14.3 Å². The van der Waals surface area contributed by atoms with Crippen molar-refractivity contribution in [1.82, 2.24) is 9.03 Å². The first kappa shape index (κ1) is 23.0. The number of hydrogen-bond acceptors (Lipinski definition) is 6.